The van der Waals surface area contributed by atoms with Gasteiger partial charge in [-0.1, -0.05) is 24.4 Å². The van der Waals surface area contributed by atoms with E-state index < -0.39 is 21.0 Å². The number of anilines is 1. The molecule has 0 aliphatic heterocycles. The van der Waals surface area contributed by atoms with Crippen molar-refractivity contribution in [3.63, 3.8) is 0 Å². The van der Waals surface area contributed by atoms with E-state index in [1.807, 2.05) is 0 Å². The molecule has 21 heavy (non-hydrogen) atoms. The summed E-state index contributed by atoms with van der Waals surface area (Å²) in [6.45, 7) is 3.15. The van der Waals surface area contributed by atoms with Crippen LogP contribution < -0.4 is 5.32 Å². The summed E-state index contributed by atoms with van der Waals surface area (Å²) in [4.78, 5) is 12.0. The Morgan fingerprint density at radius 1 is 1.43 bits per heavy atom. The Bertz CT molecular complexity index is 588. The number of nitrogens with one attached hydrogen (secondary N) is 1. The van der Waals surface area contributed by atoms with Crippen molar-refractivity contribution in [1.82, 2.24) is 5.16 Å². The van der Waals surface area contributed by atoms with Crippen LogP contribution in [0.4, 0.5) is 5.88 Å². The number of rotatable bonds is 5. The van der Waals surface area contributed by atoms with Gasteiger partial charge in [0.2, 0.25) is 11.8 Å². The van der Waals surface area contributed by atoms with Crippen molar-refractivity contribution in [3.8, 4) is 0 Å². The number of aryl methyl sites for hydroxylation is 1. The van der Waals surface area contributed by atoms with Crippen LogP contribution in [0.15, 0.2) is 10.6 Å². The summed E-state index contributed by atoms with van der Waals surface area (Å²) < 4.78 is 29.5. The van der Waals surface area contributed by atoms with Gasteiger partial charge in [-0.15, -0.1) is 0 Å². The third-order valence-corrected chi connectivity index (χ3v) is 6.20. The summed E-state index contributed by atoms with van der Waals surface area (Å²) in [5.41, 5.74) is 0.628. The van der Waals surface area contributed by atoms with Crippen molar-refractivity contribution in [3.05, 3.63) is 11.8 Å². The molecule has 1 aromatic heterocycles. The van der Waals surface area contributed by atoms with Crippen molar-refractivity contribution in [2.75, 3.05) is 11.1 Å². The average molecular weight is 314 g/mol. The molecule has 0 spiro atoms. The summed E-state index contributed by atoms with van der Waals surface area (Å²) in [5, 5.41) is 5.03. The van der Waals surface area contributed by atoms with E-state index in [1.54, 1.807) is 13.0 Å². The molecule has 0 radical (unpaired) electrons. The molecular formula is C14H22N2O4S. The van der Waals surface area contributed by atoms with Crippen molar-refractivity contribution in [1.29, 1.82) is 0 Å². The quantitative estimate of drug-likeness (QED) is 0.900. The van der Waals surface area contributed by atoms with E-state index in [2.05, 4.69) is 10.5 Å². The number of carbonyl (C=O) groups excluding carboxylic acids is 1. The van der Waals surface area contributed by atoms with Gasteiger partial charge in [0.1, 0.15) is 5.25 Å². The lowest BCUT2D eigenvalue weighted by Gasteiger charge is -2.22. The van der Waals surface area contributed by atoms with Crippen LogP contribution in [-0.2, 0) is 14.6 Å². The van der Waals surface area contributed by atoms with Gasteiger partial charge in [0, 0.05) is 6.07 Å². The number of hydrogen-bond donors (Lipinski definition) is 1. The van der Waals surface area contributed by atoms with Crippen molar-refractivity contribution < 1.29 is 17.7 Å². The molecule has 118 valence electrons. The van der Waals surface area contributed by atoms with Gasteiger partial charge in [-0.05, 0) is 32.6 Å². The first kappa shape index (κ1) is 16.0. The van der Waals surface area contributed by atoms with Crippen molar-refractivity contribution in [2.24, 2.45) is 5.92 Å². The highest BCUT2D eigenvalue weighted by molar-refractivity contribution is 7.92. The van der Waals surface area contributed by atoms with Crippen LogP contribution in [0.3, 0.4) is 0 Å². The molecular weight excluding hydrogens is 292 g/mol. The fourth-order valence-electron chi connectivity index (χ4n) is 2.64. The largest absolute Gasteiger partial charge is 0.338 e. The molecule has 1 heterocycles. The second kappa shape index (κ2) is 6.60. The maximum absolute atomic E-state index is 12.3. The molecule has 1 aliphatic carbocycles. The Kier molecular flexibility index (Phi) is 5.03. The standard InChI is InChI=1S/C14H22N2O4S/c1-10-8-13(20-16-10)15-14(17)11(2)21(18,19)9-12-6-4-3-5-7-12/h8,11-12H,3-7,9H2,1-2H3,(H,15,17)/t11-/m1/s1. The molecule has 1 amide bonds. The van der Waals surface area contributed by atoms with Crippen LogP contribution >= 0.6 is 0 Å². The first-order valence-electron chi connectivity index (χ1n) is 7.34. The third-order valence-electron chi connectivity index (χ3n) is 3.98. The number of carbonyl (C=O) groups is 1. The number of sulfone groups is 1. The summed E-state index contributed by atoms with van der Waals surface area (Å²) >= 11 is 0. The summed E-state index contributed by atoms with van der Waals surface area (Å²) in [6.07, 6.45) is 5.22. The summed E-state index contributed by atoms with van der Waals surface area (Å²) in [5.74, 6) is -0.109. The molecule has 1 N–H and O–H groups in total. The Morgan fingerprint density at radius 3 is 2.67 bits per heavy atom. The lowest BCUT2D eigenvalue weighted by atomic mass is 9.91. The molecule has 2 rings (SSSR count). The third kappa shape index (κ3) is 4.30. The lowest BCUT2D eigenvalue weighted by Crippen LogP contribution is -2.36. The molecule has 1 atom stereocenters. The highest BCUT2D eigenvalue weighted by Crippen LogP contribution is 2.26. The normalized spacial score (nSPS) is 18.4. The molecule has 0 saturated heterocycles. The van der Waals surface area contributed by atoms with Gasteiger partial charge in [-0.25, -0.2) is 8.42 Å². The van der Waals surface area contributed by atoms with E-state index in [9.17, 15) is 13.2 Å². The van der Waals surface area contributed by atoms with E-state index >= 15 is 0 Å². The number of aromatic nitrogens is 1. The van der Waals surface area contributed by atoms with Gasteiger partial charge in [0.15, 0.2) is 9.84 Å². The van der Waals surface area contributed by atoms with Gasteiger partial charge >= 0.3 is 0 Å². The smallest absolute Gasteiger partial charge is 0.244 e. The van der Waals surface area contributed by atoms with Crippen LogP contribution in [-0.4, -0.2) is 30.5 Å². The first-order chi connectivity index (χ1) is 9.88. The number of amides is 1. The van der Waals surface area contributed by atoms with E-state index in [-0.39, 0.29) is 17.6 Å². The van der Waals surface area contributed by atoms with Crippen LogP contribution in [0, 0.1) is 12.8 Å². The van der Waals surface area contributed by atoms with Crippen LogP contribution in [0.5, 0.6) is 0 Å². The second-order valence-electron chi connectivity index (χ2n) is 5.80. The van der Waals surface area contributed by atoms with Gasteiger partial charge < -0.3 is 4.52 Å². The lowest BCUT2D eigenvalue weighted by molar-refractivity contribution is -0.115. The molecule has 1 fully saturated rings. The Balaban J connectivity index is 1.96. The van der Waals surface area contributed by atoms with Crippen LogP contribution in [0.25, 0.3) is 0 Å². The van der Waals surface area contributed by atoms with Gasteiger partial charge in [-0.3, -0.25) is 10.1 Å². The zero-order valence-corrected chi connectivity index (χ0v) is 13.3. The molecule has 1 aliphatic rings. The van der Waals surface area contributed by atoms with Gasteiger partial charge in [0.05, 0.1) is 11.4 Å². The SMILES string of the molecule is Cc1cc(NC(=O)[C@@H](C)S(=O)(=O)CC2CCCCC2)on1. The molecule has 6 nitrogen and oxygen atoms in total. The minimum Gasteiger partial charge on any atom is -0.338 e. The number of nitrogens with zero attached hydrogens (tertiary/aromatic N) is 1. The minimum absolute atomic E-state index is 0.0943. The molecule has 0 aromatic carbocycles. The fourth-order valence-corrected chi connectivity index (χ4v) is 4.30. The monoisotopic (exact) mass is 314 g/mol. The second-order valence-corrected chi connectivity index (χ2v) is 8.16. The van der Waals surface area contributed by atoms with E-state index in [0.717, 1.165) is 25.7 Å². The van der Waals surface area contributed by atoms with Crippen LogP contribution in [0.1, 0.15) is 44.7 Å². The number of hydrogen-bond acceptors (Lipinski definition) is 5. The average Bonchev–Trinajstić information content (AvgIpc) is 2.83. The predicted octanol–water partition coefficient (Wildman–Crippen LogP) is 2.31. The topological polar surface area (TPSA) is 89.3 Å². The Labute approximate surface area is 125 Å². The Morgan fingerprint density at radius 2 is 2.10 bits per heavy atom. The predicted molar refractivity (Wildman–Crippen MR) is 79.7 cm³/mol. The van der Waals surface area contributed by atoms with Crippen LogP contribution in [0.2, 0.25) is 0 Å². The molecule has 1 aromatic rings. The van der Waals surface area contributed by atoms with Gasteiger partial charge in [-0.2, -0.15) is 0 Å². The maximum atomic E-state index is 12.3. The van der Waals surface area contributed by atoms with Gasteiger partial charge in [0.25, 0.3) is 0 Å². The van der Waals surface area contributed by atoms with Crippen molar-refractivity contribution >= 4 is 21.6 Å². The molecule has 0 bridgehead atoms. The van der Waals surface area contributed by atoms with E-state index in [4.69, 9.17) is 4.52 Å². The van der Waals surface area contributed by atoms with E-state index in [1.165, 1.54) is 13.3 Å². The fraction of sp³-hybridized carbons (Fsp3) is 0.714. The molecule has 1 saturated carbocycles. The molecule has 0 unspecified atom stereocenters. The summed E-state index contributed by atoms with van der Waals surface area (Å²) in [7, 11) is -3.45. The van der Waals surface area contributed by atoms with E-state index in [0.29, 0.717) is 5.69 Å². The zero-order valence-electron chi connectivity index (χ0n) is 12.5. The maximum Gasteiger partial charge on any atom is 0.244 e. The highest BCUT2D eigenvalue weighted by Gasteiger charge is 2.31. The Hall–Kier alpha value is -1.37. The summed E-state index contributed by atoms with van der Waals surface area (Å²) in [6, 6.07) is 1.55. The highest BCUT2D eigenvalue weighted by atomic mass is 32.2. The minimum atomic E-state index is -3.45. The van der Waals surface area contributed by atoms with Crippen molar-refractivity contribution in [2.45, 2.75) is 51.2 Å². The molecule has 7 heteroatoms. The first-order valence-corrected chi connectivity index (χ1v) is 9.06. The zero-order chi connectivity index (χ0) is 15.5.